The fourth-order valence-corrected chi connectivity index (χ4v) is 4.74. The summed E-state index contributed by atoms with van der Waals surface area (Å²) in [5.74, 6) is -0.371. The standard InChI is InChI=1S/C18H33N3O3/c1-16(2)11-18(14(22)24-5,12-17(3,4)21-16)20-15(23)19-13-9-7-6-8-10-13/h13,21H,6-12H2,1-5H3,(H2,19,20,23). The zero-order valence-electron chi connectivity index (χ0n) is 15.8. The molecule has 0 aromatic carbocycles. The molecule has 2 rings (SSSR count). The monoisotopic (exact) mass is 339 g/mol. The molecule has 0 aromatic heterocycles. The predicted molar refractivity (Wildman–Crippen MR) is 93.8 cm³/mol. The van der Waals surface area contributed by atoms with Crippen molar-refractivity contribution in [2.75, 3.05) is 7.11 Å². The Kier molecular flexibility index (Phi) is 5.47. The SMILES string of the molecule is COC(=O)C1(NC(=O)NC2CCCCC2)CC(C)(C)NC(C)(C)C1. The van der Waals surface area contributed by atoms with E-state index >= 15 is 0 Å². The molecule has 1 heterocycles. The van der Waals surface area contributed by atoms with E-state index < -0.39 is 5.54 Å². The Labute approximate surface area is 145 Å². The quantitative estimate of drug-likeness (QED) is 0.690. The van der Waals surface area contributed by atoms with Gasteiger partial charge >= 0.3 is 12.0 Å². The number of piperidine rings is 1. The largest absolute Gasteiger partial charge is 0.467 e. The second-order valence-corrected chi connectivity index (χ2v) is 8.75. The topological polar surface area (TPSA) is 79.5 Å². The molecule has 0 radical (unpaired) electrons. The first-order chi connectivity index (χ1) is 11.1. The third-order valence-electron chi connectivity index (χ3n) is 5.03. The van der Waals surface area contributed by atoms with Crippen molar-refractivity contribution in [2.24, 2.45) is 0 Å². The molecule has 0 unspecified atom stereocenters. The number of rotatable bonds is 3. The minimum absolute atomic E-state index is 0.205. The minimum Gasteiger partial charge on any atom is -0.467 e. The van der Waals surface area contributed by atoms with E-state index in [-0.39, 0.29) is 29.1 Å². The summed E-state index contributed by atoms with van der Waals surface area (Å²) < 4.78 is 5.06. The first kappa shape index (κ1) is 19.0. The molecule has 138 valence electrons. The average molecular weight is 339 g/mol. The zero-order valence-corrected chi connectivity index (χ0v) is 15.8. The molecule has 6 heteroatoms. The van der Waals surface area contributed by atoms with Crippen LogP contribution in [0.5, 0.6) is 0 Å². The van der Waals surface area contributed by atoms with Crippen molar-refractivity contribution in [3.63, 3.8) is 0 Å². The highest BCUT2D eigenvalue weighted by Crippen LogP contribution is 2.36. The molecular weight excluding hydrogens is 306 g/mol. The van der Waals surface area contributed by atoms with Gasteiger partial charge in [-0.15, -0.1) is 0 Å². The molecular formula is C18H33N3O3. The average Bonchev–Trinajstić information content (AvgIpc) is 2.43. The number of ether oxygens (including phenoxy) is 1. The van der Waals surface area contributed by atoms with Gasteiger partial charge < -0.3 is 20.7 Å². The first-order valence-electron chi connectivity index (χ1n) is 9.04. The molecule has 1 aliphatic carbocycles. The Morgan fingerprint density at radius 2 is 1.54 bits per heavy atom. The van der Waals surface area contributed by atoms with Gasteiger partial charge in [0.1, 0.15) is 5.54 Å². The molecule has 0 aromatic rings. The smallest absolute Gasteiger partial charge is 0.331 e. The minimum atomic E-state index is -1.01. The maximum absolute atomic E-state index is 12.6. The normalized spacial score (nSPS) is 25.5. The van der Waals surface area contributed by atoms with Crippen LogP contribution < -0.4 is 16.0 Å². The van der Waals surface area contributed by atoms with Crippen LogP contribution in [0.3, 0.4) is 0 Å². The van der Waals surface area contributed by atoms with E-state index in [9.17, 15) is 9.59 Å². The Bertz CT molecular complexity index is 466. The summed E-state index contributed by atoms with van der Waals surface area (Å²) in [7, 11) is 1.38. The van der Waals surface area contributed by atoms with Gasteiger partial charge in [-0.25, -0.2) is 9.59 Å². The van der Waals surface area contributed by atoms with E-state index in [1.807, 2.05) is 27.7 Å². The van der Waals surface area contributed by atoms with E-state index in [1.165, 1.54) is 13.5 Å². The number of hydrogen-bond acceptors (Lipinski definition) is 4. The molecule has 3 N–H and O–H groups in total. The van der Waals surface area contributed by atoms with Crippen molar-refractivity contribution < 1.29 is 14.3 Å². The lowest BCUT2D eigenvalue weighted by atomic mass is 9.70. The summed E-state index contributed by atoms with van der Waals surface area (Å²) in [5, 5.41) is 9.56. The summed E-state index contributed by atoms with van der Waals surface area (Å²) in [6, 6.07) is -0.0583. The predicted octanol–water partition coefficient (Wildman–Crippen LogP) is 2.47. The molecule has 1 saturated carbocycles. The van der Waals surface area contributed by atoms with E-state index in [0.29, 0.717) is 12.8 Å². The fourth-order valence-electron chi connectivity index (χ4n) is 4.74. The number of amides is 2. The van der Waals surface area contributed by atoms with Crippen molar-refractivity contribution >= 4 is 12.0 Å². The molecule has 0 bridgehead atoms. The summed E-state index contributed by atoms with van der Waals surface area (Å²) >= 11 is 0. The Morgan fingerprint density at radius 1 is 1.00 bits per heavy atom. The number of nitrogens with one attached hydrogen (secondary N) is 3. The molecule has 0 atom stereocenters. The highest BCUT2D eigenvalue weighted by atomic mass is 16.5. The number of hydrogen-bond donors (Lipinski definition) is 3. The summed E-state index contributed by atoms with van der Waals surface area (Å²) in [4.78, 5) is 25.2. The Balaban J connectivity index is 2.15. The van der Waals surface area contributed by atoms with E-state index in [4.69, 9.17) is 4.74 Å². The van der Waals surface area contributed by atoms with Gasteiger partial charge in [-0.05, 0) is 53.4 Å². The molecule has 1 saturated heterocycles. The second-order valence-electron chi connectivity index (χ2n) is 8.75. The van der Waals surface area contributed by atoms with Crippen molar-refractivity contribution in [3.8, 4) is 0 Å². The van der Waals surface area contributed by atoms with Crippen molar-refractivity contribution in [1.82, 2.24) is 16.0 Å². The summed E-state index contributed by atoms with van der Waals surface area (Å²) in [6.07, 6.45) is 6.55. The van der Waals surface area contributed by atoms with Crippen LogP contribution in [0.15, 0.2) is 0 Å². The van der Waals surface area contributed by atoms with Crippen LogP contribution in [-0.4, -0.2) is 41.8 Å². The number of urea groups is 1. The number of carbonyl (C=O) groups is 2. The Hall–Kier alpha value is -1.30. The van der Waals surface area contributed by atoms with Crippen LogP contribution in [0.25, 0.3) is 0 Å². The van der Waals surface area contributed by atoms with Gasteiger partial charge in [-0.3, -0.25) is 0 Å². The van der Waals surface area contributed by atoms with Gasteiger partial charge in [-0.2, -0.15) is 0 Å². The maximum atomic E-state index is 12.6. The maximum Gasteiger partial charge on any atom is 0.331 e. The zero-order chi connectivity index (χ0) is 18.0. The van der Waals surface area contributed by atoms with Crippen molar-refractivity contribution in [1.29, 1.82) is 0 Å². The third kappa shape index (κ3) is 4.62. The number of esters is 1. The fraction of sp³-hybridized carbons (Fsp3) is 0.889. The molecule has 2 aliphatic rings. The highest BCUT2D eigenvalue weighted by molar-refractivity contribution is 5.88. The Morgan fingerprint density at radius 3 is 2.04 bits per heavy atom. The van der Waals surface area contributed by atoms with Crippen LogP contribution in [0.2, 0.25) is 0 Å². The van der Waals surface area contributed by atoms with Crippen molar-refractivity contribution in [2.45, 2.75) is 95.3 Å². The van der Waals surface area contributed by atoms with Gasteiger partial charge in [0, 0.05) is 17.1 Å². The van der Waals surface area contributed by atoms with Gasteiger partial charge in [0.15, 0.2) is 0 Å². The highest BCUT2D eigenvalue weighted by Gasteiger charge is 2.53. The van der Waals surface area contributed by atoms with E-state index in [2.05, 4.69) is 16.0 Å². The van der Waals surface area contributed by atoms with Gasteiger partial charge in [0.05, 0.1) is 7.11 Å². The molecule has 2 amide bonds. The lowest BCUT2D eigenvalue weighted by Crippen LogP contribution is -2.71. The van der Waals surface area contributed by atoms with Crippen LogP contribution in [-0.2, 0) is 9.53 Å². The van der Waals surface area contributed by atoms with Gasteiger partial charge in [-0.1, -0.05) is 19.3 Å². The van der Waals surface area contributed by atoms with Crippen LogP contribution in [0.4, 0.5) is 4.79 Å². The van der Waals surface area contributed by atoms with Gasteiger partial charge in [0.2, 0.25) is 0 Å². The number of carbonyl (C=O) groups excluding carboxylic acids is 2. The third-order valence-corrected chi connectivity index (χ3v) is 5.03. The first-order valence-corrected chi connectivity index (χ1v) is 9.04. The van der Waals surface area contributed by atoms with E-state index in [1.54, 1.807) is 0 Å². The number of methoxy groups -OCH3 is 1. The molecule has 1 aliphatic heterocycles. The van der Waals surface area contributed by atoms with Crippen LogP contribution in [0, 0.1) is 0 Å². The molecule has 0 spiro atoms. The van der Waals surface area contributed by atoms with E-state index in [0.717, 1.165) is 25.7 Å². The lowest BCUT2D eigenvalue weighted by Gasteiger charge is -2.51. The second kappa shape index (κ2) is 6.90. The summed E-state index contributed by atoms with van der Waals surface area (Å²) in [6.45, 7) is 8.19. The van der Waals surface area contributed by atoms with Gasteiger partial charge in [0.25, 0.3) is 0 Å². The lowest BCUT2D eigenvalue weighted by molar-refractivity contribution is -0.152. The summed E-state index contributed by atoms with van der Waals surface area (Å²) in [5.41, 5.74) is -1.58. The molecule has 24 heavy (non-hydrogen) atoms. The van der Waals surface area contributed by atoms with Crippen LogP contribution >= 0.6 is 0 Å². The molecule has 6 nitrogen and oxygen atoms in total. The van der Waals surface area contributed by atoms with Crippen LogP contribution in [0.1, 0.15) is 72.6 Å². The van der Waals surface area contributed by atoms with Crippen molar-refractivity contribution in [3.05, 3.63) is 0 Å². The molecule has 2 fully saturated rings.